The molecule has 0 aliphatic carbocycles. The maximum absolute atomic E-state index is 12.0. The van der Waals surface area contributed by atoms with Crippen LogP contribution >= 0.6 is 0 Å². The summed E-state index contributed by atoms with van der Waals surface area (Å²) in [5.74, 6) is 0.272. The molecule has 1 amide bonds. The highest BCUT2D eigenvalue weighted by Crippen LogP contribution is 2.04. The molecule has 0 saturated carbocycles. The van der Waals surface area contributed by atoms with Gasteiger partial charge in [0.05, 0.1) is 0 Å². The average Bonchev–Trinajstić information content (AvgIpc) is 2.29. The molecule has 1 rings (SSSR count). The summed E-state index contributed by atoms with van der Waals surface area (Å²) < 4.78 is 0. The molecule has 1 unspecified atom stereocenters. The van der Waals surface area contributed by atoms with E-state index in [1.165, 1.54) is 12.8 Å². The summed E-state index contributed by atoms with van der Waals surface area (Å²) in [6.07, 6.45) is 4.17. The van der Waals surface area contributed by atoms with Crippen molar-refractivity contribution in [1.29, 1.82) is 0 Å². The maximum atomic E-state index is 12.0. The van der Waals surface area contributed by atoms with E-state index in [0.717, 1.165) is 32.6 Å². The van der Waals surface area contributed by atoms with Crippen LogP contribution in [0.5, 0.6) is 0 Å². The minimum absolute atomic E-state index is 0.272. The molecule has 0 aromatic rings. The summed E-state index contributed by atoms with van der Waals surface area (Å²) in [5.41, 5.74) is 0. The van der Waals surface area contributed by atoms with E-state index in [1.54, 1.807) is 0 Å². The van der Waals surface area contributed by atoms with E-state index in [1.807, 2.05) is 11.9 Å². The molecule has 0 spiro atoms. The lowest BCUT2D eigenvalue weighted by molar-refractivity contribution is -0.130. The van der Waals surface area contributed by atoms with Crippen molar-refractivity contribution < 1.29 is 4.79 Å². The Morgan fingerprint density at radius 3 is 2.88 bits per heavy atom. The van der Waals surface area contributed by atoms with E-state index in [-0.39, 0.29) is 5.91 Å². The first-order valence-electron chi connectivity index (χ1n) is 6.79. The molecular weight excluding hydrogens is 214 g/mol. The van der Waals surface area contributed by atoms with Crippen molar-refractivity contribution in [2.45, 2.75) is 38.6 Å². The lowest BCUT2D eigenvalue weighted by Crippen LogP contribution is -2.50. The van der Waals surface area contributed by atoms with Gasteiger partial charge in [0.2, 0.25) is 5.91 Å². The van der Waals surface area contributed by atoms with Crippen molar-refractivity contribution in [2.24, 2.45) is 0 Å². The van der Waals surface area contributed by atoms with Crippen LogP contribution in [0.2, 0.25) is 0 Å². The van der Waals surface area contributed by atoms with Gasteiger partial charge in [-0.1, -0.05) is 19.8 Å². The lowest BCUT2D eigenvalue weighted by Gasteiger charge is -2.31. The van der Waals surface area contributed by atoms with Crippen LogP contribution in [-0.2, 0) is 4.79 Å². The van der Waals surface area contributed by atoms with Gasteiger partial charge in [0.1, 0.15) is 0 Å². The lowest BCUT2D eigenvalue weighted by atomic mass is 10.1. The molecule has 1 saturated heterocycles. The Balaban J connectivity index is 2.22. The SMILES string of the molecule is CCCCCN(C)C(=O)CC1CN(C)CCN1. The van der Waals surface area contributed by atoms with Crippen LogP contribution in [0.25, 0.3) is 0 Å². The first-order valence-corrected chi connectivity index (χ1v) is 6.79. The minimum Gasteiger partial charge on any atom is -0.346 e. The Hall–Kier alpha value is -0.610. The average molecular weight is 241 g/mol. The highest BCUT2D eigenvalue weighted by atomic mass is 16.2. The van der Waals surface area contributed by atoms with Gasteiger partial charge in [-0.15, -0.1) is 0 Å². The second-order valence-corrected chi connectivity index (χ2v) is 5.14. The molecule has 0 radical (unpaired) electrons. The number of piperazine rings is 1. The molecule has 1 N–H and O–H groups in total. The van der Waals surface area contributed by atoms with Crippen LogP contribution in [0.4, 0.5) is 0 Å². The standard InChI is InChI=1S/C13H27N3O/c1-4-5-6-8-16(3)13(17)10-12-11-15(2)9-7-14-12/h12,14H,4-11H2,1-3H3. The number of carbonyl (C=O) groups excluding carboxylic acids is 1. The largest absolute Gasteiger partial charge is 0.346 e. The summed E-state index contributed by atoms with van der Waals surface area (Å²) in [4.78, 5) is 16.1. The number of likely N-dealkylation sites (N-methyl/N-ethyl adjacent to an activating group) is 1. The molecule has 1 fully saturated rings. The van der Waals surface area contributed by atoms with Crippen LogP contribution < -0.4 is 5.32 Å². The summed E-state index contributed by atoms with van der Waals surface area (Å²) in [5, 5.41) is 3.41. The van der Waals surface area contributed by atoms with E-state index in [0.29, 0.717) is 12.5 Å². The highest BCUT2D eigenvalue weighted by molar-refractivity contribution is 5.76. The highest BCUT2D eigenvalue weighted by Gasteiger charge is 2.20. The van der Waals surface area contributed by atoms with Crippen molar-refractivity contribution in [3.05, 3.63) is 0 Å². The molecule has 1 heterocycles. The van der Waals surface area contributed by atoms with Crippen LogP contribution in [0.1, 0.15) is 32.6 Å². The zero-order valence-electron chi connectivity index (χ0n) is 11.5. The van der Waals surface area contributed by atoms with Gasteiger partial charge < -0.3 is 15.1 Å². The third kappa shape index (κ3) is 5.50. The minimum atomic E-state index is 0.272. The van der Waals surface area contributed by atoms with E-state index in [2.05, 4.69) is 24.2 Å². The maximum Gasteiger partial charge on any atom is 0.223 e. The summed E-state index contributed by atoms with van der Waals surface area (Å²) in [6.45, 7) is 6.14. The number of hydrogen-bond acceptors (Lipinski definition) is 3. The van der Waals surface area contributed by atoms with Gasteiger partial charge in [-0.05, 0) is 13.5 Å². The number of carbonyl (C=O) groups is 1. The van der Waals surface area contributed by atoms with Gasteiger partial charge in [0.15, 0.2) is 0 Å². The molecule has 0 aromatic heterocycles. The molecule has 4 nitrogen and oxygen atoms in total. The third-order valence-electron chi connectivity index (χ3n) is 3.40. The normalized spacial score (nSPS) is 21.5. The molecule has 4 heteroatoms. The number of unbranched alkanes of at least 4 members (excludes halogenated alkanes) is 2. The fourth-order valence-electron chi connectivity index (χ4n) is 2.22. The molecule has 1 aliphatic rings. The summed E-state index contributed by atoms with van der Waals surface area (Å²) in [6, 6.07) is 0.329. The first kappa shape index (κ1) is 14.5. The molecular formula is C13H27N3O. The Bertz CT molecular complexity index is 233. The van der Waals surface area contributed by atoms with E-state index in [9.17, 15) is 4.79 Å². The quantitative estimate of drug-likeness (QED) is 0.703. The van der Waals surface area contributed by atoms with E-state index >= 15 is 0 Å². The van der Waals surface area contributed by atoms with E-state index in [4.69, 9.17) is 0 Å². The molecule has 0 aromatic carbocycles. The second kappa shape index (κ2) is 7.67. The van der Waals surface area contributed by atoms with Gasteiger partial charge in [-0.25, -0.2) is 0 Å². The van der Waals surface area contributed by atoms with Crippen LogP contribution in [0.3, 0.4) is 0 Å². The number of hydrogen-bond donors (Lipinski definition) is 1. The first-order chi connectivity index (χ1) is 8.13. The van der Waals surface area contributed by atoms with Crippen molar-refractivity contribution in [3.63, 3.8) is 0 Å². The van der Waals surface area contributed by atoms with Crippen molar-refractivity contribution in [1.82, 2.24) is 15.1 Å². The van der Waals surface area contributed by atoms with Gasteiger partial charge in [-0.3, -0.25) is 4.79 Å². The van der Waals surface area contributed by atoms with Crippen molar-refractivity contribution in [3.8, 4) is 0 Å². The number of amides is 1. The molecule has 0 bridgehead atoms. The van der Waals surface area contributed by atoms with E-state index < -0.39 is 0 Å². The number of nitrogens with one attached hydrogen (secondary N) is 1. The number of rotatable bonds is 6. The van der Waals surface area contributed by atoms with Gasteiger partial charge in [0.25, 0.3) is 0 Å². The van der Waals surface area contributed by atoms with Crippen molar-refractivity contribution >= 4 is 5.91 Å². The fourth-order valence-corrected chi connectivity index (χ4v) is 2.22. The summed E-state index contributed by atoms with van der Waals surface area (Å²) in [7, 11) is 4.04. The van der Waals surface area contributed by atoms with Crippen LogP contribution in [-0.4, -0.2) is 62.0 Å². The Morgan fingerprint density at radius 2 is 2.24 bits per heavy atom. The van der Waals surface area contributed by atoms with Crippen molar-refractivity contribution in [2.75, 3.05) is 40.3 Å². The smallest absolute Gasteiger partial charge is 0.223 e. The molecule has 100 valence electrons. The van der Waals surface area contributed by atoms with Crippen LogP contribution in [0, 0.1) is 0 Å². The molecule has 17 heavy (non-hydrogen) atoms. The van der Waals surface area contributed by atoms with Crippen LogP contribution in [0.15, 0.2) is 0 Å². The third-order valence-corrected chi connectivity index (χ3v) is 3.40. The Morgan fingerprint density at radius 1 is 1.47 bits per heavy atom. The molecule has 1 atom stereocenters. The Kier molecular flexibility index (Phi) is 6.52. The predicted octanol–water partition coefficient (Wildman–Crippen LogP) is 0.929. The molecule has 1 aliphatic heterocycles. The second-order valence-electron chi connectivity index (χ2n) is 5.14. The zero-order chi connectivity index (χ0) is 12.7. The monoisotopic (exact) mass is 241 g/mol. The zero-order valence-corrected chi connectivity index (χ0v) is 11.5. The van der Waals surface area contributed by atoms with Gasteiger partial charge >= 0.3 is 0 Å². The summed E-state index contributed by atoms with van der Waals surface area (Å²) >= 11 is 0. The fraction of sp³-hybridized carbons (Fsp3) is 0.923. The van der Waals surface area contributed by atoms with Gasteiger partial charge in [-0.2, -0.15) is 0 Å². The topological polar surface area (TPSA) is 35.6 Å². The number of nitrogens with zero attached hydrogens (tertiary/aromatic N) is 2. The Labute approximate surface area is 105 Å². The van der Waals surface area contributed by atoms with Gasteiger partial charge in [0, 0.05) is 45.7 Å². The predicted molar refractivity (Wildman–Crippen MR) is 71.1 cm³/mol.